The molecule has 0 amide bonds. The molecule has 0 spiro atoms. The third-order valence-corrected chi connectivity index (χ3v) is 9.78. The van der Waals surface area contributed by atoms with Crippen LogP contribution in [0.3, 0.4) is 0 Å². The third kappa shape index (κ3) is 24.6. The van der Waals surface area contributed by atoms with Crippen LogP contribution in [-0.2, 0) is 18.6 Å². The average Bonchev–Trinajstić information content (AvgIpc) is 2.93. The molecule has 0 aromatic rings. The molecule has 244 valence electrons. The highest BCUT2D eigenvalue weighted by Gasteiger charge is 2.35. The fraction of sp³-hybridized carbons (Fsp3) is 0.882. The molecule has 0 aromatic heterocycles. The van der Waals surface area contributed by atoms with Gasteiger partial charge in [0, 0.05) is 20.1 Å². The second-order valence-electron chi connectivity index (χ2n) is 12.5. The van der Waals surface area contributed by atoms with Gasteiger partial charge < -0.3 is 27.9 Å². The van der Waals surface area contributed by atoms with Gasteiger partial charge in [0.15, 0.2) is 13.4 Å². The zero-order valence-corrected chi connectivity index (χ0v) is 28.9. The lowest BCUT2D eigenvalue weighted by molar-refractivity contribution is -0.884. The van der Waals surface area contributed by atoms with Gasteiger partial charge in [-0.2, -0.15) is 0 Å². The van der Waals surface area contributed by atoms with E-state index in [1.807, 2.05) is 28.1 Å². The molecule has 0 aliphatic carbocycles. The second-order valence-corrected chi connectivity index (χ2v) is 14.4. The van der Waals surface area contributed by atoms with Crippen molar-refractivity contribution in [2.75, 3.05) is 48.1 Å². The predicted molar refractivity (Wildman–Crippen MR) is 174 cm³/mol. The number of nitrogens with zero attached hydrogens (tertiary/aromatic N) is 1. The van der Waals surface area contributed by atoms with E-state index in [1.54, 1.807) is 7.11 Å². The molecule has 0 aliphatic rings. The molecule has 3 atom stereocenters. The van der Waals surface area contributed by atoms with E-state index in [2.05, 4.69) is 31.2 Å². The molecule has 0 radical (unpaired) electrons. The lowest BCUT2D eigenvalue weighted by atomic mass is 10.1. The van der Waals surface area contributed by atoms with Gasteiger partial charge in [-0.15, -0.1) is 0 Å². The minimum absolute atomic E-state index is 0.000395. The van der Waals surface area contributed by atoms with Gasteiger partial charge in [0.25, 0.3) is 0 Å². The standard InChI is InChI=1S/C34H68NO5P/c1-7-9-10-11-12-13-14-15-16-17-18-19-20-21-22-23-24-25-26-27-28-30-39-31-33(38-6)32-40-41(36,37)34(29-8-2)35(3,4)5/h11-12,23-24,33-34H,7-10,13-22,25-32H2,1-6H3/b12-11-,24-23-/t33-,34?/m1/s1. The molecular weight excluding hydrogens is 533 g/mol. The van der Waals surface area contributed by atoms with Crippen LogP contribution in [0.5, 0.6) is 0 Å². The van der Waals surface area contributed by atoms with E-state index in [1.165, 1.54) is 89.9 Å². The van der Waals surface area contributed by atoms with Gasteiger partial charge in [-0.1, -0.05) is 95.9 Å². The molecule has 0 fully saturated rings. The van der Waals surface area contributed by atoms with Gasteiger partial charge in [-0.3, -0.25) is 0 Å². The van der Waals surface area contributed by atoms with Crippen molar-refractivity contribution in [2.24, 2.45) is 0 Å². The summed E-state index contributed by atoms with van der Waals surface area (Å²) in [5.74, 6) is -0.558. The summed E-state index contributed by atoms with van der Waals surface area (Å²) in [5, 5.41) is 0. The number of rotatable bonds is 30. The topological polar surface area (TPSA) is 67.8 Å². The Hall–Kier alpha value is -0.490. The highest BCUT2D eigenvalue weighted by Crippen LogP contribution is 2.48. The van der Waals surface area contributed by atoms with Crippen LogP contribution in [-0.4, -0.2) is 64.4 Å². The fourth-order valence-corrected chi connectivity index (χ4v) is 6.89. The number of allylic oxidation sites excluding steroid dienone is 4. The highest BCUT2D eigenvalue weighted by atomic mass is 31.2. The van der Waals surface area contributed by atoms with Crippen LogP contribution in [0, 0.1) is 0 Å². The van der Waals surface area contributed by atoms with Crippen LogP contribution < -0.4 is 4.89 Å². The maximum absolute atomic E-state index is 12.8. The Morgan fingerprint density at radius 3 is 1.59 bits per heavy atom. The molecule has 0 saturated heterocycles. The summed E-state index contributed by atoms with van der Waals surface area (Å²) >= 11 is 0. The van der Waals surface area contributed by atoms with Crippen molar-refractivity contribution in [3.63, 3.8) is 0 Å². The monoisotopic (exact) mass is 601 g/mol. The van der Waals surface area contributed by atoms with Gasteiger partial charge in [0.1, 0.15) is 6.10 Å². The molecule has 0 aliphatic heterocycles. The zero-order valence-electron chi connectivity index (χ0n) is 28.0. The van der Waals surface area contributed by atoms with Crippen LogP contribution in [0.2, 0.25) is 0 Å². The smallest absolute Gasteiger partial charge is 0.193 e. The van der Waals surface area contributed by atoms with Gasteiger partial charge in [0.05, 0.1) is 34.4 Å². The van der Waals surface area contributed by atoms with Crippen molar-refractivity contribution >= 4 is 7.60 Å². The Kier molecular flexibility index (Phi) is 26.8. The Morgan fingerprint density at radius 2 is 1.15 bits per heavy atom. The summed E-state index contributed by atoms with van der Waals surface area (Å²) in [4.78, 5) is 12.8. The van der Waals surface area contributed by atoms with Crippen LogP contribution in [0.4, 0.5) is 0 Å². The van der Waals surface area contributed by atoms with Gasteiger partial charge in [0.2, 0.25) is 0 Å². The first-order valence-electron chi connectivity index (χ1n) is 16.9. The Labute approximate surface area is 255 Å². The normalized spacial score (nSPS) is 15.6. The lowest BCUT2D eigenvalue weighted by Crippen LogP contribution is -2.47. The van der Waals surface area contributed by atoms with E-state index in [0.717, 1.165) is 25.7 Å². The summed E-state index contributed by atoms with van der Waals surface area (Å²) in [6.45, 7) is 5.25. The van der Waals surface area contributed by atoms with Gasteiger partial charge >= 0.3 is 0 Å². The molecular formula is C34H68NO5P. The number of ether oxygens (including phenoxy) is 2. The highest BCUT2D eigenvalue weighted by molar-refractivity contribution is 7.51. The molecule has 2 unspecified atom stereocenters. The second kappa shape index (κ2) is 27.1. The average molecular weight is 602 g/mol. The largest absolute Gasteiger partial charge is 0.774 e. The first-order valence-corrected chi connectivity index (χ1v) is 18.5. The van der Waals surface area contributed by atoms with Crippen LogP contribution >= 0.6 is 7.60 Å². The minimum Gasteiger partial charge on any atom is -0.774 e. The molecule has 0 bridgehead atoms. The summed E-state index contributed by atoms with van der Waals surface area (Å²) in [6, 6.07) is 0. The van der Waals surface area contributed by atoms with Crippen molar-refractivity contribution < 1.29 is 27.9 Å². The lowest BCUT2D eigenvalue weighted by Gasteiger charge is -2.41. The molecule has 0 heterocycles. The minimum atomic E-state index is -4.01. The van der Waals surface area contributed by atoms with Gasteiger partial charge in [-0.25, -0.2) is 0 Å². The van der Waals surface area contributed by atoms with E-state index < -0.39 is 13.4 Å². The molecule has 0 saturated carbocycles. The number of unbranched alkanes of at least 4 members (excludes halogenated alkanes) is 14. The van der Waals surface area contributed by atoms with Crippen molar-refractivity contribution in [1.82, 2.24) is 0 Å². The Balaban J connectivity index is 3.65. The van der Waals surface area contributed by atoms with Crippen molar-refractivity contribution in [2.45, 2.75) is 148 Å². The SMILES string of the molecule is CCCC/C=C\CCCCCCCCCC/C=C\CCCCCOC[C@H](COP(=O)([O-])C(CCC)[N+](C)(C)C)OC. The van der Waals surface area contributed by atoms with E-state index in [-0.39, 0.29) is 12.7 Å². The van der Waals surface area contributed by atoms with Crippen LogP contribution in [0.15, 0.2) is 24.3 Å². The van der Waals surface area contributed by atoms with Crippen molar-refractivity contribution in [3.05, 3.63) is 24.3 Å². The van der Waals surface area contributed by atoms with E-state index in [9.17, 15) is 9.46 Å². The first-order chi connectivity index (χ1) is 19.7. The van der Waals surface area contributed by atoms with E-state index in [4.69, 9.17) is 14.0 Å². The van der Waals surface area contributed by atoms with E-state index in [0.29, 0.717) is 24.1 Å². The molecule has 0 aromatic carbocycles. The maximum Gasteiger partial charge on any atom is 0.193 e. The summed E-state index contributed by atoms with van der Waals surface area (Å²) in [7, 11) is 3.23. The number of hydrogen-bond donors (Lipinski definition) is 0. The Morgan fingerprint density at radius 1 is 0.683 bits per heavy atom. The summed E-state index contributed by atoms with van der Waals surface area (Å²) < 4.78 is 29.6. The maximum atomic E-state index is 12.8. The van der Waals surface area contributed by atoms with Crippen molar-refractivity contribution in [1.29, 1.82) is 0 Å². The van der Waals surface area contributed by atoms with Crippen LogP contribution in [0.1, 0.15) is 136 Å². The Bertz CT molecular complexity index is 677. The first kappa shape index (κ1) is 40.5. The molecule has 0 N–H and O–H groups in total. The molecule has 6 nitrogen and oxygen atoms in total. The molecule has 41 heavy (non-hydrogen) atoms. The summed E-state index contributed by atoms with van der Waals surface area (Å²) in [6.07, 6.45) is 32.2. The quantitative estimate of drug-likeness (QED) is 0.0355. The van der Waals surface area contributed by atoms with Gasteiger partial charge in [-0.05, 0) is 57.8 Å². The zero-order chi connectivity index (χ0) is 30.7. The predicted octanol–water partition coefficient (Wildman–Crippen LogP) is 9.18. The van der Waals surface area contributed by atoms with Crippen LogP contribution in [0.25, 0.3) is 0 Å². The van der Waals surface area contributed by atoms with E-state index >= 15 is 0 Å². The fourth-order valence-electron chi connectivity index (χ4n) is 4.92. The third-order valence-electron chi connectivity index (χ3n) is 7.59. The van der Waals surface area contributed by atoms with Crippen molar-refractivity contribution in [3.8, 4) is 0 Å². The molecule has 7 heteroatoms. The number of hydrogen-bond acceptors (Lipinski definition) is 5. The summed E-state index contributed by atoms with van der Waals surface area (Å²) in [5.41, 5.74) is 0. The number of quaternary nitrogens is 1. The number of methoxy groups -OCH3 is 1. The molecule has 0 rings (SSSR count).